The Bertz CT molecular complexity index is 978. The molecule has 0 aliphatic carbocycles. The van der Waals surface area contributed by atoms with E-state index in [1.54, 1.807) is 60.7 Å². The summed E-state index contributed by atoms with van der Waals surface area (Å²) >= 11 is 5.84. The fourth-order valence-corrected chi connectivity index (χ4v) is 2.53. The Morgan fingerprint density at radius 3 is 2.34 bits per heavy atom. The number of ether oxygens (including phenoxy) is 3. The molecular weight excluding hydrogens is 394 g/mol. The highest BCUT2D eigenvalue weighted by Crippen LogP contribution is 2.29. The molecule has 0 unspecified atom stereocenters. The number of anilines is 1. The van der Waals surface area contributed by atoms with Crippen LogP contribution < -0.4 is 14.8 Å². The van der Waals surface area contributed by atoms with Gasteiger partial charge in [-0.15, -0.1) is 0 Å². The summed E-state index contributed by atoms with van der Waals surface area (Å²) in [6.07, 6.45) is 0. The SMILES string of the molecule is O=C(COC(=O)COc1cccc(Cl)c1)Nc1ccccc1Oc1ccccc1. The van der Waals surface area contributed by atoms with Crippen LogP contribution in [0.2, 0.25) is 5.02 Å². The van der Waals surface area contributed by atoms with E-state index in [1.165, 1.54) is 0 Å². The molecule has 148 valence electrons. The third-order valence-electron chi connectivity index (χ3n) is 3.65. The highest BCUT2D eigenvalue weighted by Gasteiger charge is 2.12. The number of esters is 1. The Hall–Kier alpha value is -3.51. The number of benzene rings is 3. The van der Waals surface area contributed by atoms with Gasteiger partial charge in [0.05, 0.1) is 5.69 Å². The smallest absolute Gasteiger partial charge is 0.344 e. The normalized spacial score (nSPS) is 10.1. The van der Waals surface area contributed by atoms with Crippen molar-refractivity contribution < 1.29 is 23.8 Å². The minimum atomic E-state index is -0.672. The Kier molecular flexibility index (Phi) is 7.08. The van der Waals surface area contributed by atoms with Crippen LogP contribution in [0.4, 0.5) is 5.69 Å². The molecule has 0 aliphatic rings. The van der Waals surface area contributed by atoms with Crippen LogP contribution in [-0.4, -0.2) is 25.1 Å². The minimum Gasteiger partial charge on any atom is -0.482 e. The first-order valence-electron chi connectivity index (χ1n) is 8.76. The number of halogens is 1. The van der Waals surface area contributed by atoms with E-state index in [4.69, 9.17) is 25.8 Å². The molecule has 0 aliphatic heterocycles. The number of hydrogen-bond acceptors (Lipinski definition) is 5. The zero-order valence-electron chi connectivity index (χ0n) is 15.3. The van der Waals surface area contributed by atoms with Gasteiger partial charge in [-0.2, -0.15) is 0 Å². The lowest BCUT2D eigenvalue weighted by Crippen LogP contribution is -2.23. The summed E-state index contributed by atoms with van der Waals surface area (Å²) in [5.74, 6) is 0.381. The van der Waals surface area contributed by atoms with Crippen molar-refractivity contribution in [1.29, 1.82) is 0 Å². The maximum atomic E-state index is 12.1. The van der Waals surface area contributed by atoms with E-state index >= 15 is 0 Å². The average molecular weight is 412 g/mol. The first-order valence-corrected chi connectivity index (χ1v) is 9.14. The van der Waals surface area contributed by atoms with Crippen molar-refractivity contribution in [3.63, 3.8) is 0 Å². The third-order valence-corrected chi connectivity index (χ3v) is 3.88. The van der Waals surface area contributed by atoms with E-state index in [9.17, 15) is 9.59 Å². The molecule has 1 N–H and O–H groups in total. The molecule has 0 aromatic heterocycles. The topological polar surface area (TPSA) is 73.9 Å². The maximum absolute atomic E-state index is 12.1. The summed E-state index contributed by atoms with van der Waals surface area (Å²) in [4.78, 5) is 23.9. The van der Waals surface area contributed by atoms with Crippen LogP contribution in [-0.2, 0) is 14.3 Å². The van der Waals surface area contributed by atoms with Crippen LogP contribution in [0.5, 0.6) is 17.2 Å². The molecule has 3 aromatic rings. The maximum Gasteiger partial charge on any atom is 0.344 e. The van der Waals surface area contributed by atoms with Crippen molar-refractivity contribution in [1.82, 2.24) is 0 Å². The van der Waals surface area contributed by atoms with Gasteiger partial charge in [0.1, 0.15) is 11.5 Å². The fourth-order valence-electron chi connectivity index (χ4n) is 2.35. The lowest BCUT2D eigenvalue weighted by Gasteiger charge is -2.12. The zero-order chi connectivity index (χ0) is 20.5. The number of amides is 1. The fraction of sp³-hybridized carbons (Fsp3) is 0.0909. The Morgan fingerprint density at radius 1 is 0.828 bits per heavy atom. The summed E-state index contributed by atoms with van der Waals surface area (Å²) in [6, 6.07) is 22.8. The van der Waals surface area contributed by atoms with Crippen LogP contribution in [0.3, 0.4) is 0 Å². The number of rotatable bonds is 8. The molecule has 3 rings (SSSR count). The van der Waals surface area contributed by atoms with Crippen LogP contribution in [0, 0.1) is 0 Å². The monoisotopic (exact) mass is 411 g/mol. The van der Waals surface area contributed by atoms with Crippen molar-refractivity contribution in [2.45, 2.75) is 0 Å². The highest BCUT2D eigenvalue weighted by molar-refractivity contribution is 6.30. The predicted octanol–water partition coefficient (Wildman–Crippen LogP) is 4.69. The highest BCUT2D eigenvalue weighted by atomic mass is 35.5. The summed E-state index contributed by atoms with van der Waals surface area (Å²) in [5, 5.41) is 3.16. The third kappa shape index (κ3) is 6.55. The van der Waals surface area contributed by atoms with Crippen molar-refractivity contribution in [3.8, 4) is 17.2 Å². The molecule has 29 heavy (non-hydrogen) atoms. The van der Waals surface area contributed by atoms with Crippen molar-refractivity contribution >= 4 is 29.2 Å². The first kappa shape index (κ1) is 20.2. The van der Waals surface area contributed by atoms with Crippen LogP contribution in [0.15, 0.2) is 78.9 Å². The molecule has 0 heterocycles. The first-order chi connectivity index (χ1) is 14.1. The molecule has 6 nitrogen and oxygen atoms in total. The number of carbonyl (C=O) groups excluding carboxylic acids is 2. The summed E-state index contributed by atoms with van der Waals surface area (Å²) < 4.78 is 16.0. The molecule has 0 saturated heterocycles. The molecule has 3 aromatic carbocycles. The second-order valence-corrected chi connectivity index (χ2v) is 6.30. The van der Waals surface area contributed by atoms with Gasteiger partial charge in [-0.3, -0.25) is 4.79 Å². The Morgan fingerprint density at radius 2 is 1.55 bits per heavy atom. The van der Waals surface area contributed by atoms with Gasteiger partial charge in [0.2, 0.25) is 0 Å². The molecule has 0 bridgehead atoms. The van der Waals surface area contributed by atoms with Gasteiger partial charge in [0, 0.05) is 5.02 Å². The van der Waals surface area contributed by atoms with Gasteiger partial charge in [-0.1, -0.05) is 48.0 Å². The molecule has 0 spiro atoms. The van der Waals surface area contributed by atoms with Gasteiger partial charge in [0.25, 0.3) is 5.91 Å². The van der Waals surface area contributed by atoms with Gasteiger partial charge < -0.3 is 19.5 Å². The van der Waals surface area contributed by atoms with E-state index in [2.05, 4.69) is 5.32 Å². The van der Waals surface area contributed by atoms with E-state index in [0.29, 0.717) is 28.0 Å². The summed E-state index contributed by atoms with van der Waals surface area (Å²) in [6.45, 7) is -0.779. The number of para-hydroxylation sites is 3. The van der Waals surface area contributed by atoms with E-state index < -0.39 is 18.5 Å². The quantitative estimate of drug-likeness (QED) is 0.544. The predicted molar refractivity (Wildman–Crippen MR) is 109 cm³/mol. The molecule has 0 atom stereocenters. The molecule has 0 fully saturated rings. The molecule has 7 heteroatoms. The van der Waals surface area contributed by atoms with Crippen LogP contribution in [0.1, 0.15) is 0 Å². The summed E-state index contributed by atoms with van der Waals surface area (Å²) in [5.41, 5.74) is 0.465. The zero-order valence-corrected chi connectivity index (χ0v) is 16.1. The molecule has 0 radical (unpaired) electrons. The van der Waals surface area contributed by atoms with E-state index in [-0.39, 0.29) is 6.61 Å². The lowest BCUT2D eigenvalue weighted by molar-refractivity contribution is -0.149. The van der Waals surface area contributed by atoms with Gasteiger partial charge in [0.15, 0.2) is 19.0 Å². The minimum absolute atomic E-state index is 0.332. The number of nitrogens with one attached hydrogen (secondary N) is 1. The molecule has 1 amide bonds. The number of carbonyl (C=O) groups is 2. The second kappa shape index (κ2) is 10.1. The molecule has 0 saturated carbocycles. The Labute approximate surface area is 173 Å². The number of hydrogen-bond donors (Lipinski definition) is 1. The Balaban J connectivity index is 1.49. The van der Waals surface area contributed by atoms with Crippen molar-refractivity contribution in [3.05, 3.63) is 83.9 Å². The van der Waals surface area contributed by atoms with Crippen molar-refractivity contribution in [2.75, 3.05) is 18.5 Å². The summed E-state index contributed by atoms with van der Waals surface area (Å²) in [7, 11) is 0. The van der Waals surface area contributed by atoms with Crippen molar-refractivity contribution in [2.24, 2.45) is 0 Å². The lowest BCUT2D eigenvalue weighted by atomic mass is 10.3. The molecular formula is C22H18ClNO5. The average Bonchev–Trinajstić information content (AvgIpc) is 2.73. The van der Waals surface area contributed by atoms with Crippen LogP contribution in [0.25, 0.3) is 0 Å². The van der Waals surface area contributed by atoms with Crippen LogP contribution >= 0.6 is 11.6 Å². The van der Waals surface area contributed by atoms with E-state index in [0.717, 1.165) is 0 Å². The standard InChI is InChI=1S/C22H18ClNO5/c23-16-7-6-10-18(13-16)27-15-22(26)28-14-21(25)24-19-11-4-5-12-20(19)29-17-8-2-1-3-9-17/h1-13H,14-15H2,(H,24,25). The second-order valence-electron chi connectivity index (χ2n) is 5.87. The van der Waals surface area contributed by atoms with E-state index in [1.807, 2.05) is 18.2 Å². The van der Waals surface area contributed by atoms with Gasteiger partial charge in [-0.05, 0) is 42.5 Å². The van der Waals surface area contributed by atoms with Gasteiger partial charge >= 0.3 is 5.97 Å². The largest absolute Gasteiger partial charge is 0.482 e. The van der Waals surface area contributed by atoms with Gasteiger partial charge in [-0.25, -0.2) is 4.79 Å².